The SMILES string of the molecule is Cc1csc(CN(C)c2nc3nonc3nc2NC2CC2)n1. The number of anilines is 2. The van der Waals surface area contributed by atoms with Gasteiger partial charge in [0.05, 0.1) is 6.54 Å². The Balaban J connectivity index is 1.67. The van der Waals surface area contributed by atoms with E-state index in [1.807, 2.05) is 24.3 Å². The summed E-state index contributed by atoms with van der Waals surface area (Å²) in [5.41, 5.74) is 1.87. The van der Waals surface area contributed by atoms with Crippen LogP contribution in [0.4, 0.5) is 11.6 Å². The summed E-state index contributed by atoms with van der Waals surface area (Å²) in [4.78, 5) is 15.5. The van der Waals surface area contributed by atoms with Gasteiger partial charge in [0.15, 0.2) is 11.6 Å². The maximum atomic E-state index is 4.72. The van der Waals surface area contributed by atoms with Gasteiger partial charge in [0.25, 0.3) is 0 Å². The Kier molecular flexibility index (Phi) is 3.14. The zero-order valence-electron chi connectivity index (χ0n) is 12.3. The minimum atomic E-state index is 0.415. The molecule has 9 heteroatoms. The minimum Gasteiger partial charge on any atom is -0.364 e. The standard InChI is InChI=1S/C13H15N7OS/c1-7-6-22-9(14-7)5-20(2)13-12(15-8-3-4-8)16-10-11(17-13)19-21-18-10/h6,8H,3-5H2,1-2H3,(H,15,16,18). The fourth-order valence-corrected chi connectivity index (χ4v) is 2.99. The molecule has 1 aliphatic carbocycles. The molecule has 0 unspecified atom stereocenters. The monoisotopic (exact) mass is 317 g/mol. The van der Waals surface area contributed by atoms with E-state index in [4.69, 9.17) is 4.63 Å². The molecule has 8 nitrogen and oxygen atoms in total. The molecule has 3 aromatic heterocycles. The highest BCUT2D eigenvalue weighted by Crippen LogP contribution is 2.30. The van der Waals surface area contributed by atoms with E-state index in [2.05, 4.69) is 30.6 Å². The minimum absolute atomic E-state index is 0.415. The molecule has 0 radical (unpaired) electrons. The normalized spacial score (nSPS) is 14.5. The zero-order chi connectivity index (χ0) is 15.1. The number of aryl methyl sites for hydroxylation is 1. The number of rotatable bonds is 5. The van der Waals surface area contributed by atoms with Crippen LogP contribution in [-0.2, 0) is 6.54 Å². The summed E-state index contributed by atoms with van der Waals surface area (Å²) in [5, 5.41) is 14.0. The molecule has 1 aliphatic rings. The Morgan fingerprint density at radius 2 is 2.05 bits per heavy atom. The first-order valence-electron chi connectivity index (χ1n) is 7.08. The fraction of sp³-hybridized carbons (Fsp3) is 0.462. The third-order valence-electron chi connectivity index (χ3n) is 3.41. The predicted octanol–water partition coefficient (Wildman–Crippen LogP) is 1.99. The van der Waals surface area contributed by atoms with Crippen molar-refractivity contribution in [3.63, 3.8) is 0 Å². The molecular weight excluding hydrogens is 302 g/mol. The van der Waals surface area contributed by atoms with Crippen LogP contribution in [0.1, 0.15) is 23.5 Å². The first kappa shape index (κ1) is 13.4. The van der Waals surface area contributed by atoms with E-state index in [0.29, 0.717) is 23.9 Å². The number of nitrogens with one attached hydrogen (secondary N) is 1. The Labute approximate surface area is 130 Å². The van der Waals surface area contributed by atoms with Gasteiger partial charge in [-0.2, -0.15) is 0 Å². The maximum absolute atomic E-state index is 4.72. The molecule has 0 spiro atoms. The topological polar surface area (TPSA) is 92.9 Å². The van der Waals surface area contributed by atoms with Crippen molar-refractivity contribution in [2.75, 3.05) is 17.3 Å². The average Bonchev–Trinajstić information content (AvgIpc) is 3.03. The second-order valence-corrected chi connectivity index (χ2v) is 6.41. The molecular formula is C13H15N7OS. The lowest BCUT2D eigenvalue weighted by atomic mass is 10.4. The molecule has 0 bridgehead atoms. The lowest BCUT2D eigenvalue weighted by Gasteiger charge is -2.19. The Morgan fingerprint density at radius 3 is 2.73 bits per heavy atom. The van der Waals surface area contributed by atoms with Crippen molar-refractivity contribution >= 4 is 34.3 Å². The first-order valence-corrected chi connectivity index (χ1v) is 7.96. The molecule has 114 valence electrons. The van der Waals surface area contributed by atoms with Gasteiger partial charge in [-0.1, -0.05) is 0 Å². The molecule has 1 saturated carbocycles. The summed E-state index contributed by atoms with van der Waals surface area (Å²) < 4.78 is 4.72. The number of thiazole rings is 1. The van der Waals surface area contributed by atoms with Crippen molar-refractivity contribution in [1.82, 2.24) is 25.3 Å². The van der Waals surface area contributed by atoms with Gasteiger partial charge in [0.1, 0.15) is 5.01 Å². The van der Waals surface area contributed by atoms with E-state index in [1.165, 1.54) is 0 Å². The summed E-state index contributed by atoms with van der Waals surface area (Å²) in [5.74, 6) is 1.46. The van der Waals surface area contributed by atoms with Crippen molar-refractivity contribution in [3.05, 3.63) is 16.1 Å². The summed E-state index contributed by atoms with van der Waals surface area (Å²) >= 11 is 1.64. The molecule has 0 aromatic carbocycles. The van der Waals surface area contributed by atoms with E-state index in [1.54, 1.807) is 11.3 Å². The average molecular weight is 317 g/mol. The second-order valence-electron chi connectivity index (χ2n) is 5.46. The highest BCUT2D eigenvalue weighted by atomic mass is 32.1. The van der Waals surface area contributed by atoms with Gasteiger partial charge in [-0.25, -0.2) is 19.6 Å². The quantitative estimate of drug-likeness (QED) is 0.763. The molecule has 4 rings (SSSR count). The van der Waals surface area contributed by atoms with Crippen LogP contribution in [0.15, 0.2) is 10.0 Å². The number of nitrogens with zero attached hydrogens (tertiary/aromatic N) is 6. The fourth-order valence-electron chi connectivity index (χ4n) is 2.17. The number of hydrogen-bond acceptors (Lipinski definition) is 9. The molecule has 3 heterocycles. The van der Waals surface area contributed by atoms with Gasteiger partial charge in [0, 0.05) is 24.2 Å². The Bertz CT molecular complexity index is 810. The zero-order valence-corrected chi connectivity index (χ0v) is 13.1. The van der Waals surface area contributed by atoms with E-state index in [0.717, 1.165) is 35.2 Å². The summed E-state index contributed by atoms with van der Waals surface area (Å²) in [6.07, 6.45) is 2.32. The van der Waals surface area contributed by atoms with Gasteiger partial charge in [0.2, 0.25) is 11.3 Å². The van der Waals surface area contributed by atoms with Gasteiger partial charge in [-0.3, -0.25) is 0 Å². The Hall–Kier alpha value is -2.29. The molecule has 1 fully saturated rings. The second kappa shape index (κ2) is 5.16. The highest BCUT2D eigenvalue weighted by molar-refractivity contribution is 7.09. The van der Waals surface area contributed by atoms with Crippen molar-refractivity contribution in [1.29, 1.82) is 0 Å². The highest BCUT2D eigenvalue weighted by Gasteiger charge is 2.25. The van der Waals surface area contributed by atoms with Crippen LogP contribution in [0.5, 0.6) is 0 Å². The van der Waals surface area contributed by atoms with Crippen molar-refractivity contribution in [2.45, 2.75) is 32.4 Å². The van der Waals surface area contributed by atoms with Crippen molar-refractivity contribution in [2.24, 2.45) is 0 Å². The largest absolute Gasteiger partial charge is 0.364 e. The molecule has 0 atom stereocenters. The summed E-state index contributed by atoms with van der Waals surface area (Å²) in [6, 6.07) is 0.473. The number of aromatic nitrogens is 5. The Morgan fingerprint density at radius 1 is 1.27 bits per heavy atom. The van der Waals surface area contributed by atoms with Gasteiger partial charge < -0.3 is 10.2 Å². The van der Waals surface area contributed by atoms with Crippen LogP contribution in [0.3, 0.4) is 0 Å². The predicted molar refractivity (Wildman–Crippen MR) is 83.0 cm³/mol. The van der Waals surface area contributed by atoms with Crippen molar-refractivity contribution in [3.8, 4) is 0 Å². The van der Waals surface area contributed by atoms with E-state index in [-0.39, 0.29) is 0 Å². The van der Waals surface area contributed by atoms with Gasteiger partial charge in [-0.15, -0.1) is 11.3 Å². The molecule has 0 amide bonds. The molecule has 1 N–H and O–H groups in total. The van der Waals surface area contributed by atoms with Crippen LogP contribution in [0.25, 0.3) is 11.3 Å². The van der Waals surface area contributed by atoms with E-state index < -0.39 is 0 Å². The maximum Gasteiger partial charge on any atom is 0.245 e. The first-order chi connectivity index (χ1) is 10.7. The van der Waals surface area contributed by atoms with Crippen LogP contribution < -0.4 is 10.2 Å². The molecule has 22 heavy (non-hydrogen) atoms. The van der Waals surface area contributed by atoms with E-state index >= 15 is 0 Å². The number of fused-ring (bicyclic) bond motifs is 1. The lowest BCUT2D eigenvalue weighted by molar-refractivity contribution is 0.314. The van der Waals surface area contributed by atoms with Crippen LogP contribution in [-0.4, -0.2) is 38.4 Å². The molecule has 0 aliphatic heterocycles. The van der Waals surface area contributed by atoms with E-state index in [9.17, 15) is 0 Å². The lowest BCUT2D eigenvalue weighted by Crippen LogP contribution is -2.21. The molecule has 3 aromatic rings. The number of hydrogen-bond donors (Lipinski definition) is 1. The van der Waals surface area contributed by atoms with Crippen LogP contribution in [0, 0.1) is 6.92 Å². The van der Waals surface area contributed by atoms with Crippen LogP contribution in [0.2, 0.25) is 0 Å². The third kappa shape index (κ3) is 2.59. The van der Waals surface area contributed by atoms with Gasteiger partial charge >= 0.3 is 0 Å². The third-order valence-corrected chi connectivity index (χ3v) is 4.37. The van der Waals surface area contributed by atoms with Crippen LogP contribution >= 0.6 is 11.3 Å². The molecule has 0 saturated heterocycles. The summed E-state index contributed by atoms with van der Waals surface area (Å²) in [6.45, 7) is 2.66. The summed E-state index contributed by atoms with van der Waals surface area (Å²) in [7, 11) is 1.97. The smallest absolute Gasteiger partial charge is 0.245 e. The van der Waals surface area contributed by atoms with Crippen molar-refractivity contribution < 1.29 is 4.63 Å². The van der Waals surface area contributed by atoms with Gasteiger partial charge in [-0.05, 0) is 30.1 Å².